The van der Waals surface area contributed by atoms with Crippen LogP contribution in [0, 0.1) is 5.21 Å². The molecule has 0 aliphatic rings. The highest BCUT2D eigenvalue weighted by Crippen LogP contribution is 2.00. The van der Waals surface area contributed by atoms with Gasteiger partial charge in [-0.3, -0.25) is 0 Å². The Morgan fingerprint density at radius 2 is 1.56 bits per heavy atom. The summed E-state index contributed by atoms with van der Waals surface area (Å²) in [5.41, 5.74) is 0. The minimum absolute atomic E-state index is 0.156. The van der Waals surface area contributed by atoms with Gasteiger partial charge in [-0.25, -0.2) is 0 Å². The summed E-state index contributed by atoms with van der Waals surface area (Å²) in [5, 5.41) is 12.7. The predicted molar refractivity (Wildman–Crippen MR) is 46.9 cm³/mol. The summed E-state index contributed by atoms with van der Waals surface area (Å²) in [6, 6.07) is 0. The van der Waals surface area contributed by atoms with Crippen LogP contribution in [0.1, 0.15) is 0 Å². The summed E-state index contributed by atoms with van der Waals surface area (Å²) in [4.78, 5) is 0. The molecular weight excluding hydrogens is 250 g/mol. The number of alkyl halides is 2. The topological polar surface area (TPSA) is 23.1 Å². The molecule has 0 aliphatic heterocycles. The Hall–Kier alpha value is 0.880. The molecule has 56 valence electrons. The molecule has 0 aliphatic carbocycles. The zero-order valence-electron chi connectivity index (χ0n) is 5.44. The summed E-state index contributed by atoms with van der Waals surface area (Å²) < 4.78 is -0.156. The molecule has 0 heterocycles. The van der Waals surface area contributed by atoms with Crippen LogP contribution in [0.3, 0.4) is 0 Å². The molecule has 0 radical (unpaired) electrons. The Morgan fingerprint density at radius 1 is 1.22 bits per heavy atom. The SMILES string of the molecule is C[N+]([O-])(CCBr)CCBr. The van der Waals surface area contributed by atoms with E-state index in [1.165, 1.54) is 0 Å². The van der Waals surface area contributed by atoms with Crippen molar-refractivity contribution in [1.29, 1.82) is 0 Å². The molecule has 4 heteroatoms. The molecule has 0 N–H and O–H groups in total. The van der Waals surface area contributed by atoms with Crippen molar-refractivity contribution in [2.75, 3.05) is 30.8 Å². The van der Waals surface area contributed by atoms with Crippen molar-refractivity contribution in [2.45, 2.75) is 0 Å². The number of halogens is 2. The van der Waals surface area contributed by atoms with Crippen molar-refractivity contribution in [3.8, 4) is 0 Å². The number of quaternary nitrogens is 1. The summed E-state index contributed by atoms with van der Waals surface area (Å²) >= 11 is 6.45. The van der Waals surface area contributed by atoms with Gasteiger partial charge in [0.05, 0.1) is 30.8 Å². The molecule has 0 aromatic carbocycles. The molecule has 0 atom stereocenters. The number of hydroxylamine groups is 3. The van der Waals surface area contributed by atoms with Crippen LogP contribution in [0.2, 0.25) is 0 Å². The molecule has 9 heavy (non-hydrogen) atoms. The quantitative estimate of drug-likeness (QED) is 0.429. The number of rotatable bonds is 4. The van der Waals surface area contributed by atoms with Gasteiger partial charge in [0.25, 0.3) is 0 Å². The normalized spacial score (nSPS) is 12.0. The standard InChI is InChI=1S/C5H11Br2NO/c1-8(9,4-2-6)5-3-7/h2-5H2,1H3. The molecular formula is C5H11Br2NO. The van der Waals surface area contributed by atoms with E-state index in [-0.39, 0.29) is 4.65 Å². The fourth-order valence-corrected chi connectivity index (χ4v) is 1.97. The van der Waals surface area contributed by atoms with Crippen molar-refractivity contribution in [2.24, 2.45) is 0 Å². The maximum absolute atomic E-state index is 11.2. The van der Waals surface area contributed by atoms with Gasteiger partial charge >= 0.3 is 0 Å². The third-order valence-corrected chi connectivity index (χ3v) is 1.82. The van der Waals surface area contributed by atoms with Crippen LogP contribution in [0.4, 0.5) is 0 Å². The molecule has 0 saturated heterocycles. The molecule has 0 saturated carbocycles. The fourth-order valence-electron chi connectivity index (χ4n) is 0.469. The molecule has 0 aromatic rings. The zero-order valence-corrected chi connectivity index (χ0v) is 8.61. The Labute approximate surface area is 72.7 Å². The Morgan fingerprint density at radius 3 is 1.78 bits per heavy atom. The number of hydrogen-bond donors (Lipinski definition) is 0. The molecule has 0 aromatic heterocycles. The van der Waals surface area contributed by atoms with Crippen LogP contribution >= 0.6 is 31.9 Å². The Balaban J connectivity index is 3.43. The molecule has 0 fully saturated rings. The van der Waals surface area contributed by atoms with Crippen LogP contribution in [0.15, 0.2) is 0 Å². The lowest BCUT2D eigenvalue weighted by molar-refractivity contribution is -0.855. The number of nitrogens with zero attached hydrogens (tertiary/aromatic N) is 1. The summed E-state index contributed by atoms with van der Waals surface area (Å²) in [7, 11) is 1.68. The molecule has 0 rings (SSSR count). The largest absolute Gasteiger partial charge is 0.633 e. The van der Waals surface area contributed by atoms with Gasteiger partial charge in [0.15, 0.2) is 0 Å². The molecule has 0 amide bonds. The van der Waals surface area contributed by atoms with Crippen molar-refractivity contribution in [3.05, 3.63) is 5.21 Å². The second-order valence-corrected chi connectivity index (χ2v) is 3.71. The average molecular weight is 261 g/mol. The predicted octanol–water partition coefficient (Wildman–Crippen LogP) is 1.72. The van der Waals surface area contributed by atoms with Gasteiger partial charge in [-0.1, -0.05) is 31.9 Å². The second-order valence-electron chi connectivity index (χ2n) is 2.12. The van der Waals surface area contributed by atoms with Crippen molar-refractivity contribution in [3.63, 3.8) is 0 Å². The maximum Gasteiger partial charge on any atom is 0.0880 e. The minimum Gasteiger partial charge on any atom is -0.633 e. The molecule has 2 nitrogen and oxygen atoms in total. The van der Waals surface area contributed by atoms with Crippen LogP contribution in [-0.4, -0.2) is 35.4 Å². The van der Waals surface area contributed by atoms with Gasteiger partial charge in [0.1, 0.15) is 0 Å². The van der Waals surface area contributed by atoms with E-state index in [0.29, 0.717) is 13.1 Å². The van der Waals surface area contributed by atoms with E-state index in [1.807, 2.05) is 0 Å². The van der Waals surface area contributed by atoms with E-state index in [1.54, 1.807) is 7.05 Å². The van der Waals surface area contributed by atoms with E-state index in [4.69, 9.17) is 0 Å². The van der Waals surface area contributed by atoms with E-state index >= 15 is 0 Å². The highest BCUT2D eigenvalue weighted by atomic mass is 79.9. The monoisotopic (exact) mass is 259 g/mol. The van der Waals surface area contributed by atoms with Gasteiger partial charge in [-0.05, 0) is 0 Å². The van der Waals surface area contributed by atoms with Gasteiger partial charge in [-0.15, -0.1) is 0 Å². The highest BCUT2D eigenvalue weighted by Gasteiger charge is 2.05. The molecule has 0 spiro atoms. The lowest BCUT2D eigenvalue weighted by atomic mass is 10.5. The first-order chi connectivity index (χ1) is 4.12. The van der Waals surface area contributed by atoms with Gasteiger partial charge in [0.2, 0.25) is 0 Å². The summed E-state index contributed by atoms with van der Waals surface area (Å²) in [6.07, 6.45) is 0. The third-order valence-electron chi connectivity index (χ3n) is 1.12. The van der Waals surface area contributed by atoms with Crippen molar-refractivity contribution in [1.82, 2.24) is 0 Å². The first kappa shape index (κ1) is 9.88. The van der Waals surface area contributed by atoms with Crippen molar-refractivity contribution < 1.29 is 4.65 Å². The molecule has 0 unspecified atom stereocenters. The van der Waals surface area contributed by atoms with Crippen LogP contribution < -0.4 is 0 Å². The lowest BCUT2D eigenvalue weighted by Gasteiger charge is -2.37. The minimum atomic E-state index is -0.156. The third kappa shape index (κ3) is 5.33. The summed E-state index contributed by atoms with van der Waals surface area (Å²) in [5.74, 6) is 0. The van der Waals surface area contributed by atoms with E-state index < -0.39 is 0 Å². The number of hydrogen-bond acceptors (Lipinski definition) is 1. The second kappa shape index (κ2) is 4.66. The summed E-state index contributed by atoms with van der Waals surface area (Å²) in [6.45, 7) is 1.29. The van der Waals surface area contributed by atoms with E-state index in [0.717, 1.165) is 10.7 Å². The Bertz CT molecular complexity index is 69.4. The Kier molecular flexibility index (Phi) is 5.11. The first-order valence-electron chi connectivity index (χ1n) is 2.80. The highest BCUT2D eigenvalue weighted by molar-refractivity contribution is 9.09. The molecule has 0 bridgehead atoms. The van der Waals surface area contributed by atoms with Gasteiger partial charge < -0.3 is 9.85 Å². The average Bonchev–Trinajstić information content (AvgIpc) is 1.64. The zero-order chi connectivity index (χ0) is 7.33. The maximum atomic E-state index is 11.2. The van der Waals surface area contributed by atoms with Crippen molar-refractivity contribution >= 4 is 31.9 Å². The van der Waals surface area contributed by atoms with E-state index in [9.17, 15) is 5.21 Å². The lowest BCUT2D eigenvalue weighted by Crippen LogP contribution is -2.40. The smallest absolute Gasteiger partial charge is 0.0880 e. The van der Waals surface area contributed by atoms with E-state index in [2.05, 4.69) is 31.9 Å². The van der Waals surface area contributed by atoms with Gasteiger partial charge in [0, 0.05) is 0 Å². The first-order valence-corrected chi connectivity index (χ1v) is 5.04. The fraction of sp³-hybridized carbons (Fsp3) is 1.00. The van der Waals surface area contributed by atoms with Crippen LogP contribution in [0.25, 0.3) is 0 Å². The van der Waals surface area contributed by atoms with Crippen LogP contribution in [0.5, 0.6) is 0 Å². The van der Waals surface area contributed by atoms with Gasteiger partial charge in [-0.2, -0.15) is 0 Å². The van der Waals surface area contributed by atoms with Crippen LogP contribution in [-0.2, 0) is 0 Å².